The quantitative estimate of drug-likeness (QED) is 0.230. The van der Waals surface area contributed by atoms with Crippen molar-refractivity contribution in [3.8, 4) is 11.5 Å². The number of benzene rings is 2. The lowest BCUT2D eigenvalue weighted by atomic mass is 10.1. The van der Waals surface area contributed by atoms with Gasteiger partial charge in [-0.05, 0) is 63.4 Å². The largest absolute Gasteiger partial charge is 0.496 e. The number of esters is 1. The molecule has 0 aliphatic heterocycles. The highest BCUT2D eigenvalue weighted by molar-refractivity contribution is 14.1. The van der Waals surface area contributed by atoms with E-state index in [2.05, 4.69) is 0 Å². The first kappa shape index (κ1) is 18.6. The van der Waals surface area contributed by atoms with Crippen molar-refractivity contribution in [2.75, 3.05) is 18.6 Å². The summed E-state index contributed by atoms with van der Waals surface area (Å²) in [5.41, 5.74) is 12.3. The summed E-state index contributed by atoms with van der Waals surface area (Å²) in [5, 5.41) is 9.35. The second kappa shape index (κ2) is 7.42. The number of carbonyl (C=O) groups excluding carboxylic acids is 1. The van der Waals surface area contributed by atoms with Gasteiger partial charge in [0.25, 0.3) is 0 Å². The van der Waals surface area contributed by atoms with Crippen LogP contribution in [0.3, 0.4) is 0 Å². The fourth-order valence-electron chi connectivity index (χ4n) is 1.90. The van der Waals surface area contributed by atoms with E-state index in [0.29, 0.717) is 18.5 Å². The highest BCUT2D eigenvalue weighted by Gasteiger charge is 2.24. The summed E-state index contributed by atoms with van der Waals surface area (Å²) in [4.78, 5) is 23.9. The van der Waals surface area contributed by atoms with E-state index >= 15 is 0 Å². The molecule has 2 aromatic carbocycles. The van der Waals surface area contributed by atoms with Crippen LogP contribution in [0.2, 0.25) is 0 Å². The Balaban J connectivity index is 2.50. The first-order chi connectivity index (χ1) is 11.3. The zero-order valence-corrected chi connectivity index (χ0v) is 16.6. The summed E-state index contributed by atoms with van der Waals surface area (Å²) in [6.45, 7) is 0. The molecule has 0 amide bonds. The highest BCUT2D eigenvalue weighted by Crippen LogP contribution is 2.35. The monoisotopic (exact) mass is 554 g/mol. The summed E-state index contributed by atoms with van der Waals surface area (Å²) in [5.74, 6) is -1.87. The maximum Gasteiger partial charge on any atom is 0.347 e. The molecule has 0 saturated heterocycles. The molecule has 9 heteroatoms. The van der Waals surface area contributed by atoms with Crippen LogP contribution >= 0.6 is 45.2 Å². The molecule has 0 fully saturated rings. The summed E-state index contributed by atoms with van der Waals surface area (Å²) in [6, 6.07) is 5.79. The Kier molecular flexibility index (Phi) is 5.74. The van der Waals surface area contributed by atoms with E-state index in [1.165, 1.54) is 31.4 Å². The van der Waals surface area contributed by atoms with Crippen LogP contribution in [0, 0.1) is 7.14 Å². The van der Waals surface area contributed by atoms with E-state index in [9.17, 15) is 14.7 Å². The molecule has 0 bridgehead atoms. The molecule has 2 rings (SSSR count). The van der Waals surface area contributed by atoms with Gasteiger partial charge in [0.2, 0.25) is 0 Å². The first-order valence-corrected chi connectivity index (χ1v) is 8.58. The van der Waals surface area contributed by atoms with Gasteiger partial charge in [-0.1, -0.05) is 0 Å². The van der Waals surface area contributed by atoms with E-state index in [1.54, 1.807) is 0 Å². The zero-order chi connectivity index (χ0) is 18.0. The lowest BCUT2D eigenvalue weighted by Crippen LogP contribution is -2.15. The highest BCUT2D eigenvalue weighted by atomic mass is 127. The molecule has 126 valence electrons. The number of carbonyl (C=O) groups is 2. The summed E-state index contributed by atoms with van der Waals surface area (Å²) >= 11 is 3.76. The predicted molar refractivity (Wildman–Crippen MR) is 106 cm³/mol. The van der Waals surface area contributed by atoms with Crippen molar-refractivity contribution in [1.82, 2.24) is 0 Å². The smallest absolute Gasteiger partial charge is 0.347 e. The fourth-order valence-corrected chi connectivity index (χ4v) is 3.69. The van der Waals surface area contributed by atoms with Crippen LogP contribution in [0.4, 0.5) is 11.4 Å². The van der Waals surface area contributed by atoms with Crippen molar-refractivity contribution in [3.05, 3.63) is 42.5 Å². The normalized spacial score (nSPS) is 10.3. The molecule has 0 unspecified atom stereocenters. The molecule has 0 radical (unpaired) electrons. The molecule has 0 heterocycles. The van der Waals surface area contributed by atoms with Gasteiger partial charge in [0, 0.05) is 15.3 Å². The van der Waals surface area contributed by atoms with E-state index < -0.39 is 11.9 Å². The molecule has 0 aromatic heterocycles. The minimum atomic E-state index is -1.22. The van der Waals surface area contributed by atoms with Gasteiger partial charge in [0.1, 0.15) is 16.9 Å². The summed E-state index contributed by atoms with van der Waals surface area (Å²) in [7, 11) is 1.39. The van der Waals surface area contributed by atoms with Crippen molar-refractivity contribution in [2.45, 2.75) is 0 Å². The van der Waals surface area contributed by atoms with Crippen molar-refractivity contribution >= 4 is 68.5 Å². The number of hydrogen-bond donors (Lipinski definition) is 3. The number of anilines is 2. The van der Waals surface area contributed by atoms with E-state index in [-0.39, 0.29) is 22.6 Å². The number of aromatic carboxylic acids is 1. The van der Waals surface area contributed by atoms with Gasteiger partial charge in [0.05, 0.1) is 16.4 Å². The number of halogens is 2. The molecule has 24 heavy (non-hydrogen) atoms. The zero-order valence-electron chi connectivity index (χ0n) is 12.3. The molecule has 0 aliphatic rings. The van der Waals surface area contributed by atoms with Gasteiger partial charge >= 0.3 is 11.9 Å². The third kappa shape index (κ3) is 3.66. The SMILES string of the molecule is COc1cc(N)ccc1C(=O)Oc1c(C(=O)O)cc(I)c(N)c1I. The molecule has 7 nitrogen and oxygen atoms in total. The Morgan fingerprint density at radius 1 is 1.12 bits per heavy atom. The number of carboxylic acid groups (broad SMARTS) is 1. The third-order valence-corrected chi connectivity index (χ3v) is 5.04. The number of nitrogens with two attached hydrogens (primary N) is 2. The number of carboxylic acids is 1. The second-order valence-electron chi connectivity index (χ2n) is 4.62. The minimum absolute atomic E-state index is 0.107. The van der Waals surface area contributed by atoms with E-state index in [1.807, 2.05) is 45.2 Å². The average molecular weight is 554 g/mol. The lowest BCUT2D eigenvalue weighted by Gasteiger charge is -2.14. The Hall–Kier alpha value is -1.76. The van der Waals surface area contributed by atoms with Gasteiger partial charge in [-0.15, -0.1) is 0 Å². The fraction of sp³-hybridized carbons (Fsp3) is 0.0667. The first-order valence-electron chi connectivity index (χ1n) is 6.42. The lowest BCUT2D eigenvalue weighted by molar-refractivity contribution is 0.0680. The molecule has 0 aliphatic carbocycles. The van der Waals surface area contributed by atoms with Gasteiger partial charge in [-0.2, -0.15) is 0 Å². The molecule has 5 N–H and O–H groups in total. The molecule has 0 spiro atoms. The molecule has 0 atom stereocenters. The minimum Gasteiger partial charge on any atom is -0.496 e. The van der Waals surface area contributed by atoms with Crippen LogP contribution in [0.1, 0.15) is 20.7 Å². The van der Waals surface area contributed by atoms with Crippen molar-refractivity contribution in [3.63, 3.8) is 0 Å². The topological polar surface area (TPSA) is 125 Å². The van der Waals surface area contributed by atoms with Crippen molar-refractivity contribution in [2.24, 2.45) is 0 Å². The van der Waals surface area contributed by atoms with Crippen LogP contribution < -0.4 is 20.9 Å². The second-order valence-corrected chi connectivity index (χ2v) is 6.86. The van der Waals surface area contributed by atoms with Crippen LogP contribution in [0.25, 0.3) is 0 Å². The van der Waals surface area contributed by atoms with Gasteiger partial charge < -0.3 is 26.0 Å². The van der Waals surface area contributed by atoms with Gasteiger partial charge in [-0.3, -0.25) is 0 Å². The van der Waals surface area contributed by atoms with Crippen LogP contribution in [-0.2, 0) is 0 Å². The Bertz CT molecular complexity index is 839. The number of ether oxygens (including phenoxy) is 2. The Morgan fingerprint density at radius 3 is 2.38 bits per heavy atom. The number of nitrogen functional groups attached to an aromatic ring is 2. The Morgan fingerprint density at radius 2 is 1.79 bits per heavy atom. The molecular formula is C15H12I2N2O5. The Labute approximate surface area is 164 Å². The maximum atomic E-state index is 12.4. The van der Waals surface area contributed by atoms with Crippen LogP contribution in [-0.4, -0.2) is 24.2 Å². The number of methoxy groups -OCH3 is 1. The van der Waals surface area contributed by atoms with Crippen molar-refractivity contribution < 1.29 is 24.2 Å². The molecule has 2 aromatic rings. The van der Waals surface area contributed by atoms with E-state index in [4.69, 9.17) is 20.9 Å². The molecule has 0 saturated carbocycles. The summed E-state index contributed by atoms with van der Waals surface area (Å²) in [6.07, 6.45) is 0. The van der Waals surface area contributed by atoms with Gasteiger partial charge in [-0.25, -0.2) is 9.59 Å². The van der Waals surface area contributed by atoms with E-state index in [0.717, 1.165) is 0 Å². The average Bonchev–Trinajstić information content (AvgIpc) is 2.54. The molecular weight excluding hydrogens is 542 g/mol. The van der Waals surface area contributed by atoms with Crippen LogP contribution in [0.5, 0.6) is 11.5 Å². The summed E-state index contributed by atoms with van der Waals surface area (Å²) < 4.78 is 11.3. The maximum absolute atomic E-state index is 12.4. The van der Waals surface area contributed by atoms with Gasteiger partial charge in [0.15, 0.2) is 5.75 Å². The standard InChI is InChI=1S/C15H12I2N2O5/c1-23-10-4-6(18)2-3-7(10)15(22)24-13-8(14(20)21)5-9(16)12(19)11(13)17/h2-5H,18-19H2,1H3,(H,20,21). The third-order valence-electron chi connectivity index (χ3n) is 3.08. The van der Waals surface area contributed by atoms with Crippen molar-refractivity contribution in [1.29, 1.82) is 0 Å². The predicted octanol–water partition coefficient (Wildman–Crippen LogP) is 2.99. The number of hydrogen-bond acceptors (Lipinski definition) is 6. The van der Waals surface area contributed by atoms with Crippen LogP contribution in [0.15, 0.2) is 24.3 Å². The number of rotatable bonds is 4.